The van der Waals surface area contributed by atoms with Crippen LogP contribution >= 0.6 is 27.5 Å². The monoisotopic (exact) mass is 338 g/mol. The molecule has 2 aromatic rings. The van der Waals surface area contributed by atoms with E-state index in [9.17, 15) is 0 Å². The van der Waals surface area contributed by atoms with Gasteiger partial charge in [0.1, 0.15) is 12.4 Å². The first-order chi connectivity index (χ1) is 9.13. The number of aryl methyl sites for hydroxylation is 2. The van der Waals surface area contributed by atoms with Crippen molar-refractivity contribution in [3.63, 3.8) is 0 Å². The van der Waals surface area contributed by atoms with Crippen molar-refractivity contribution < 1.29 is 4.74 Å². The van der Waals surface area contributed by atoms with Crippen LogP contribution < -0.4 is 4.74 Å². The van der Waals surface area contributed by atoms with E-state index in [0.717, 1.165) is 15.8 Å². The van der Waals surface area contributed by atoms with E-state index in [2.05, 4.69) is 48.0 Å². The Morgan fingerprint density at radius 3 is 2.32 bits per heavy atom. The fraction of sp³-hybridized carbons (Fsp3) is 0.250. The molecule has 0 fully saturated rings. The van der Waals surface area contributed by atoms with Gasteiger partial charge in [0.05, 0.1) is 10.4 Å². The molecule has 0 spiro atoms. The standard InChI is InChI=1S/C16H16BrClO/c1-11-5-3-6-12(2)14(11)10-19-16-13(9-18)7-4-8-15(16)17/h3-8H,9-10H2,1-2H3. The van der Waals surface area contributed by atoms with E-state index in [4.69, 9.17) is 16.3 Å². The largest absolute Gasteiger partial charge is 0.487 e. The predicted octanol–water partition coefficient (Wildman–Crippen LogP) is 5.38. The lowest BCUT2D eigenvalue weighted by molar-refractivity contribution is 0.300. The summed E-state index contributed by atoms with van der Waals surface area (Å²) >= 11 is 9.46. The van der Waals surface area contributed by atoms with E-state index < -0.39 is 0 Å². The normalized spacial score (nSPS) is 10.5. The number of hydrogen-bond acceptors (Lipinski definition) is 1. The highest BCUT2D eigenvalue weighted by Gasteiger charge is 2.09. The molecule has 0 amide bonds. The van der Waals surface area contributed by atoms with Gasteiger partial charge in [-0.3, -0.25) is 0 Å². The van der Waals surface area contributed by atoms with Crippen LogP contribution in [0.25, 0.3) is 0 Å². The van der Waals surface area contributed by atoms with Crippen molar-refractivity contribution in [1.82, 2.24) is 0 Å². The molecule has 0 radical (unpaired) electrons. The van der Waals surface area contributed by atoms with Gasteiger partial charge in [0.25, 0.3) is 0 Å². The second kappa shape index (κ2) is 6.44. The molecule has 0 aromatic heterocycles. The van der Waals surface area contributed by atoms with Crippen molar-refractivity contribution in [2.24, 2.45) is 0 Å². The topological polar surface area (TPSA) is 9.23 Å². The van der Waals surface area contributed by atoms with E-state index in [0.29, 0.717) is 12.5 Å². The fourth-order valence-corrected chi connectivity index (χ4v) is 2.77. The van der Waals surface area contributed by atoms with Crippen LogP contribution in [0.1, 0.15) is 22.3 Å². The van der Waals surface area contributed by atoms with E-state index in [1.165, 1.54) is 16.7 Å². The zero-order chi connectivity index (χ0) is 13.8. The molecule has 0 N–H and O–H groups in total. The summed E-state index contributed by atoms with van der Waals surface area (Å²) in [6.07, 6.45) is 0. The molecule has 100 valence electrons. The van der Waals surface area contributed by atoms with Crippen LogP contribution in [0.3, 0.4) is 0 Å². The van der Waals surface area contributed by atoms with Crippen molar-refractivity contribution >= 4 is 27.5 Å². The highest BCUT2D eigenvalue weighted by atomic mass is 79.9. The van der Waals surface area contributed by atoms with Gasteiger partial charge < -0.3 is 4.74 Å². The first-order valence-corrected chi connectivity index (χ1v) is 7.47. The van der Waals surface area contributed by atoms with Crippen LogP contribution in [0.2, 0.25) is 0 Å². The SMILES string of the molecule is Cc1cccc(C)c1COc1c(Br)cccc1CCl. The molecular formula is C16H16BrClO. The fourth-order valence-electron chi connectivity index (χ4n) is 2.04. The Balaban J connectivity index is 2.24. The zero-order valence-electron chi connectivity index (χ0n) is 11.0. The minimum Gasteiger partial charge on any atom is -0.487 e. The lowest BCUT2D eigenvalue weighted by Gasteiger charge is -2.14. The van der Waals surface area contributed by atoms with E-state index in [1.807, 2.05) is 18.2 Å². The number of ether oxygens (including phenoxy) is 1. The molecule has 3 heteroatoms. The summed E-state index contributed by atoms with van der Waals surface area (Å²) in [4.78, 5) is 0. The van der Waals surface area contributed by atoms with Gasteiger partial charge in [-0.05, 0) is 52.5 Å². The van der Waals surface area contributed by atoms with Gasteiger partial charge >= 0.3 is 0 Å². The number of halogens is 2. The predicted molar refractivity (Wildman–Crippen MR) is 83.9 cm³/mol. The van der Waals surface area contributed by atoms with Gasteiger partial charge in [-0.15, -0.1) is 11.6 Å². The number of para-hydroxylation sites is 1. The van der Waals surface area contributed by atoms with Crippen molar-refractivity contribution in [1.29, 1.82) is 0 Å². The molecule has 2 aromatic carbocycles. The molecule has 1 nitrogen and oxygen atoms in total. The van der Waals surface area contributed by atoms with Gasteiger partial charge in [-0.1, -0.05) is 30.3 Å². The number of alkyl halides is 1. The Kier molecular flexibility index (Phi) is 4.89. The van der Waals surface area contributed by atoms with Crippen LogP contribution in [-0.2, 0) is 12.5 Å². The molecule has 0 atom stereocenters. The summed E-state index contributed by atoms with van der Waals surface area (Å²) in [5, 5.41) is 0. The summed E-state index contributed by atoms with van der Waals surface area (Å²) in [5.74, 6) is 1.28. The van der Waals surface area contributed by atoms with Crippen LogP contribution in [-0.4, -0.2) is 0 Å². The molecule has 0 aliphatic carbocycles. The molecule has 0 saturated carbocycles. The van der Waals surface area contributed by atoms with Crippen LogP contribution in [0.5, 0.6) is 5.75 Å². The van der Waals surface area contributed by atoms with Crippen molar-refractivity contribution in [2.75, 3.05) is 0 Å². The molecular weight excluding hydrogens is 324 g/mol. The molecule has 19 heavy (non-hydrogen) atoms. The van der Waals surface area contributed by atoms with Gasteiger partial charge in [-0.2, -0.15) is 0 Å². The third-order valence-electron chi connectivity index (χ3n) is 3.20. The summed E-state index contributed by atoms with van der Waals surface area (Å²) in [7, 11) is 0. The molecule has 0 aliphatic heterocycles. The lowest BCUT2D eigenvalue weighted by atomic mass is 10.0. The van der Waals surface area contributed by atoms with Gasteiger partial charge in [-0.25, -0.2) is 0 Å². The van der Waals surface area contributed by atoms with Gasteiger partial charge in [0.15, 0.2) is 0 Å². The van der Waals surface area contributed by atoms with E-state index >= 15 is 0 Å². The maximum atomic E-state index is 5.98. The minimum absolute atomic E-state index is 0.446. The third kappa shape index (κ3) is 3.31. The molecule has 2 rings (SSSR count). The number of hydrogen-bond donors (Lipinski definition) is 0. The van der Waals surface area contributed by atoms with E-state index in [1.54, 1.807) is 0 Å². The van der Waals surface area contributed by atoms with Crippen molar-refractivity contribution in [3.8, 4) is 5.75 Å². The Labute approximate surface area is 127 Å². The minimum atomic E-state index is 0.446. The Morgan fingerprint density at radius 1 is 1.05 bits per heavy atom. The highest BCUT2D eigenvalue weighted by molar-refractivity contribution is 9.10. The lowest BCUT2D eigenvalue weighted by Crippen LogP contribution is -2.02. The number of rotatable bonds is 4. The van der Waals surface area contributed by atoms with Gasteiger partial charge in [0, 0.05) is 5.56 Å². The van der Waals surface area contributed by atoms with Crippen molar-refractivity contribution in [2.45, 2.75) is 26.3 Å². The van der Waals surface area contributed by atoms with Gasteiger partial charge in [0.2, 0.25) is 0 Å². The van der Waals surface area contributed by atoms with Crippen molar-refractivity contribution in [3.05, 3.63) is 63.1 Å². The molecule has 0 unspecified atom stereocenters. The maximum Gasteiger partial charge on any atom is 0.138 e. The third-order valence-corrected chi connectivity index (χ3v) is 4.11. The van der Waals surface area contributed by atoms with Crippen LogP contribution in [0.15, 0.2) is 40.9 Å². The average Bonchev–Trinajstić information content (AvgIpc) is 2.39. The highest BCUT2D eigenvalue weighted by Crippen LogP contribution is 2.31. The Hall–Kier alpha value is -0.990. The van der Waals surface area contributed by atoms with E-state index in [-0.39, 0.29) is 0 Å². The maximum absolute atomic E-state index is 5.98. The molecule has 0 saturated heterocycles. The number of benzene rings is 2. The Bertz CT molecular complexity index is 561. The second-order valence-corrected chi connectivity index (χ2v) is 5.64. The summed E-state index contributed by atoms with van der Waals surface area (Å²) in [6.45, 7) is 4.77. The molecule has 0 aliphatic rings. The molecule has 0 heterocycles. The smallest absolute Gasteiger partial charge is 0.138 e. The Morgan fingerprint density at radius 2 is 1.68 bits per heavy atom. The zero-order valence-corrected chi connectivity index (χ0v) is 13.4. The summed E-state index contributed by atoms with van der Waals surface area (Å²) in [6, 6.07) is 12.2. The quantitative estimate of drug-likeness (QED) is 0.679. The summed E-state index contributed by atoms with van der Waals surface area (Å²) in [5.41, 5.74) is 4.74. The molecule has 0 bridgehead atoms. The van der Waals surface area contributed by atoms with Crippen LogP contribution in [0, 0.1) is 13.8 Å². The summed E-state index contributed by atoms with van der Waals surface area (Å²) < 4.78 is 6.92. The average molecular weight is 340 g/mol. The first-order valence-electron chi connectivity index (χ1n) is 6.14. The second-order valence-electron chi connectivity index (χ2n) is 4.52. The van der Waals surface area contributed by atoms with Crippen LogP contribution in [0.4, 0.5) is 0 Å². The first kappa shape index (κ1) is 14.4.